The van der Waals surface area contributed by atoms with E-state index in [0.29, 0.717) is 22.0 Å². The highest BCUT2D eigenvalue weighted by Gasteiger charge is 2.16. The van der Waals surface area contributed by atoms with E-state index in [1.165, 1.54) is 0 Å². The normalized spacial score (nSPS) is 10.5. The average molecular weight is 297 g/mol. The molecule has 0 aromatic heterocycles. The summed E-state index contributed by atoms with van der Waals surface area (Å²) in [5, 5.41) is 0.963. The average Bonchev–Trinajstić information content (AvgIpc) is 2.24. The molecular weight excluding hydrogens is 285 g/mol. The Morgan fingerprint density at radius 2 is 1.75 bits per heavy atom. The third-order valence-corrected chi connectivity index (χ3v) is 3.63. The molecule has 0 fully saturated rings. The molecule has 0 saturated carbocycles. The quantitative estimate of drug-likeness (QED) is 0.318. The van der Waals surface area contributed by atoms with Crippen molar-refractivity contribution in [1.82, 2.24) is 0 Å². The van der Waals surface area contributed by atoms with Crippen LogP contribution in [0.1, 0.15) is 29.6 Å². The minimum atomic E-state index is -0.0578. The van der Waals surface area contributed by atoms with Gasteiger partial charge in [0.1, 0.15) is 0 Å². The molecule has 0 unspecified atom stereocenters. The predicted molar refractivity (Wildman–Crippen MR) is 72.8 cm³/mol. The summed E-state index contributed by atoms with van der Waals surface area (Å²) in [4.78, 5) is 11.9. The number of ketones is 1. The minimum Gasteiger partial charge on any atom is -0.558 e. The van der Waals surface area contributed by atoms with Gasteiger partial charge >= 0.3 is 0 Å². The molecule has 5 heteroatoms. The van der Waals surface area contributed by atoms with Gasteiger partial charge in [0.05, 0.1) is 20.6 Å². The molecule has 16 heavy (non-hydrogen) atoms. The first-order chi connectivity index (χ1) is 7.57. The second-order valence-electron chi connectivity index (χ2n) is 3.35. The standard InChI is InChI=1S/C11H11Cl3OP/c12-7-4-5-8(13)11(14)10(7)9(15)3-1-2-6-16/h4-5,16H,1-3,6H2/q-1. The zero-order chi connectivity index (χ0) is 12.1. The largest absolute Gasteiger partial charge is 0.558 e. The Hall–Kier alpha value is 0.190. The topological polar surface area (TPSA) is 17.1 Å². The number of hydrogen-bond donors (Lipinski definition) is 0. The number of Topliss-reactive ketones (excluding diaryl/α,β-unsaturated/α-hetero) is 1. The van der Waals surface area contributed by atoms with Crippen molar-refractivity contribution in [2.45, 2.75) is 19.3 Å². The van der Waals surface area contributed by atoms with Crippen LogP contribution >= 0.6 is 44.0 Å². The summed E-state index contributed by atoms with van der Waals surface area (Å²) in [6, 6.07) is 3.17. The van der Waals surface area contributed by atoms with Crippen molar-refractivity contribution in [3.63, 3.8) is 0 Å². The van der Waals surface area contributed by atoms with Crippen molar-refractivity contribution in [2.24, 2.45) is 0 Å². The zero-order valence-electron chi connectivity index (χ0n) is 8.53. The number of unbranched alkanes of at least 4 members (excludes halogenated alkanes) is 1. The monoisotopic (exact) mass is 295 g/mol. The van der Waals surface area contributed by atoms with Crippen LogP contribution in [-0.4, -0.2) is 11.9 Å². The lowest BCUT2D eigenvalue weighted by Gasteiger charge is -2.07. The molecule has 0 heterocycles. The molecule has 0 bridgehead atoms. The number of benzene rings is 1. The molecule has 1 rings (SSSR count). The highest BCUT2D eigenvalue weighted by atomic mass is 35.5. The Bertz CT molecular complexity index is 393. The predicted octanol–water partition coefficient (Wildman–Crippen LogP) is 5.14. The van der Waals surface area contributed by atoms with Crippen molar-refractivity contribution in [1.29, 1.82) is 0 Å². The maximum absolute atomic E-state index is 11.9. The Morgan fingerprint density at radius 3 is 2.38 bits per heavy atom. The van der Waals surface area contributed by atoms with Gasteiger partial charge < -0.3 is 9.24 Å². The van der Waals surface area contributed by atoms with Gasteiger partial charge in [-0.3, -0.25) is 4.79 Å². The Kier molecular flexibility index (Phi) is 6.07. The zero-order valence-corrected chi connectivity index (χ0v) is 11.8. The molecule has 0 aliphatic rings. The number of rotatable bonds is 5. The minimum absolute atomic E-state index is 0.0578. The Labute approximate surface area is 113 Å². The third-order valence-electron chi connectivity index (χ3n) is 2.15. The lowest BCUT2D eigenvalue weighted by molar-refractivity contribution is 0.0980. The van der Waals surface area contributed by atoms with Gasteiger partial charge in [0.25, 0.3) is 0 Å². The summed E-state index contributed by atoms with van der Waals surface area (Å²) in [6.07, 6.45) is 3.06. The number of halogens is 3. The highest BCUT2D eigenvalue weighted by Crippen LogP contribution is 2.32. The molecule has 0 amide bonds. The van der Waals surface area contributed by atoms with Crippen LogP contribution in [0.25, 0.3) is 0 Å². The van der Waals surface area contributed by atoms with Gasteiger partial charge in [-0.05, 0) is 18.6 Å². The first-order valence-corrected chi connectivity index (χ1v) is 6.73. The van der Waals surface area contributed by atoms with Gasteiger partial charge in [-0.15, -0.1) is 0 Å². The fraction of sp³-hybridized carbons (Fsp3) is 0.364. The van der Waals surface area contributed by atoms with Crippen LogP contribution in [0.2, 0.25) is 15.1 Å². The number of hydrogen-bond acceptors (Lipinski definition) is 1. The highest BCUT2D eigenvalue weighted by molar-refractivity contribution is 7.16. The van der Waals surface area contributed by atoms with Crippen LogP contribution in [0.15, 0.2) is 12.1 Å². The van der Waals surface area contributed by atoms with E-state index in [4.69, 9.17) is 34.8 Å². The van der Waals surface area contributed by atoms with Crippen molar-refractivity contribution < 1.29 is 4.79 Å². The Morgan fingerprint density at radius 1 is 1.12 bits per heavy atom. The van der Waals surface area contributed by atoms with E-state index in [-0.39, 0.29) is 10.8 Å². The molecule has 0 aliphatic heterocycles. The van der Waals surface area contributed by atoms with Gasteiger partial charge in [0.2, 0.25) is 0 Å². The van der Waals surface area contributed by atoms with E-state index >= 15 is 0 Å². The van der Waals surface area contributed by atoms with Gasteiger partial charge in [-0.2, -0.15) is 6.16 Å². The fourth-order valence-electron chi connectivity index (χ4n) is 1.32. The van der Waals surface area contributed by atoms with Gasteiger partial charge in [-0.25, -0.2) is 0 Å². The van der Waals surface area contributed by atoms with Crippen LogP contribution < -0.4 is 0 Å². The van der Waals surface area contributed by atoms with E-state index in [1.54, 1.807) is 12.1 Å². The molecule has 0 spiro atoms. The second-order valence-corrected chi connectivity index (χ2v) is 5.04. The molecule has 88 valence electrons. The summed E-state index contributed by atoms with van der Waals surface area (Å²) in [5.41, 5.74) is 0.338. The first-order valence-electron chi connectivity index (χ1n) is 4.89. The van der Waals surface area contributed by atoms with Crippen molar-refractivity contribution in [2.75, 3.05) is 6.16 Å². The van der Waals surface area contributed by atoms with Crippen LogP contribution in [0.4, 0.5) is 0 Å². The molecule has 1 nitrogen and oxygen atoms in total. The SMILES string of the molecule is O=C(CCCC[PH-])c1c(Cl)ccc(Cl)c1Cl. The molecule has 1 aromatic rings. The Balaban J connectivity index is 2.86. The van der Waals surface area contributed by atoms with E-state index in [1.807, 2.05) is 0 Å². The van der Waals surface area contributed by atoms with E-state index < -0.39 is 0 Å². The molecule has 0 N–H and O–H groups in total. The maximum Gasteiger partial charge on any atom is 0.165 e. The van der Waals surface area contributed by atoms with Crippen LogP contribution in [0.3, 0.4) is 0 Å². The van der Waals surface area contributed by atoms with E-state index in [0.717, 1.165) is 19.0 Å². The van der Waals surface area contributed by atoms with Crippen LogP contribution in [0.5, 0.6) is 0 Å². The third kappa shape index (κ3) is 3.60. The van der Waals surface area contributed by atoms with Gasteiger partial charge in [0.15, 0.2) is 5.78 Å². The van der Waals surface area contributed by atoms with E-state index in [9.17, 15) is 4.79 Å². The van der Waals surface area contributed by atoms with Crippen molar-refractivity contribution >= 4 is 49.8 Å². The molecule has 0 saturated heterocycles. The summed E-state index contributed by atoms with van der Waals surface area (Å²) >= 11 is 17.7. The van der Waals surface area contributed by atoms with Crippen LogP contribution in [-0.2, 0) is 0 Å². The lowest BCUT2D eigenvalue weighted by Crippen LogP contribution is -2.01. The summed E-state index contributed by atoms with van der Waals surface area (Å²) in [7, 11) is 3.36. The molecule has 0 atom stereocenters. The number of carbonyl (C=O) groups excluding carboxylic acids is 1. The fourth-order valence-corrected chi connectivity index (χ4v) is 2.31. The molecule has 1 aromatic carbocycles. The second kappa shape index (κ2) is 6.81. The van der Waals surface area contributed by atoms with Crippen molar-refractivity contribution in [3.05, 3.63) is 32.8 Å². The van der Waals surface area contributed by atoms with Gasteiger partial charge in [0, 0.05) is 6.42 Å². The number of carbonyl (C=O) groups is 1. The lowest BCUT2D eigenvalue weighted by atomic mass is 10.1. The maximum atomic E-state index is 11.9. The molecule has 0 aliphatic carbocycles. The van der Waals surface area contributed by atoms with Crippen LogP contribution in [0, 0.1) is 0 Å². The van der Waals surface area contributed by atoms with Crippen molar-refractivity contribution in [3.8, 4) is 0 Å². The summed E-state index contributed by atoms with van der Waals surface area (Å²) in [6.45, 7) is 0. The smallest absolute Gasteiger partial charge is 0.165 e. The summed E-state index contributed by atoms with van der Waals surface area (Å²) < 4.78 is 0. The first kappa shape index (κ1) is 14.3. The van der Waals surface area contributed by atoms with E-state index in [2.05, 4.69) is 9.24 Å². The molecule has 0 radical (unpaired) electrons. The molecular formula is C11H11Cl3OP-. The van der Waals surface area contributed by atoms with Gasteiger partial charge in [-0.1, -0.05) is 41.2 Å². The summed E-state index contributed by atoms with van der Waals surface area (Å²) in [5.74, 6) is -0.0578.